The summed E-state index contributed by atoms with van der Waals surface area (Å²) in [6.45, 7) is 0. The van der Waals surface area contributed by atoms with Gasteiger partial charge in [-0.15, -0.1) is 0 Å². The number of nitrogens with zero attached hydrogens (tertiary/aromatic N) is 1. The van der Waals surface area contributed by atoms with Crippen LogP contribution in [0.3, 0.4) is 0 Å². The number of para-hydroxylation sites is 1. The molecule has 4 rings (SSSR count). The van der Waals surface area contributed by atoms with Gasteiger partial charge in [0.25, 0.3) is 5.91 Å². The molecule has 0 fully saturated rings. The van der Waals surface area contributed by atoms with E-state index in [9.17, 15) is 13.6 Å². The number of pyridine rings is 1. The summed E-state index contributed by atoms with van der Waals surface area (Å²) in [5.74, 6) is -1.14. The van der Waals surface area contributed by atoms with E-state index in [1.54, 1.807) is 18.2 Å². The second kappa shape index (κ2) is 9.62. The van der Waals surface area contributed by atoms with Crippen molar-refractivity contribution in [3.63, 3.8) is 0 Å². The Morgan fingerprint density at radius 3 is 2.18 bits per heavy atom. The van der Waals surface area contributed by atoms with Crippen LogP contribution in [0.2, 0.25) is 0 Å². The number of carbonyl (C=O) groups is 1. The number of benzene rings is 3. The van der Waals surface area contributed by atoms with Gasteiger partial charge in [0, 0.05) is 35.0 Å². The molecular formula is C25H21F2N3O4. The molecular weight excluding hydrogens is 444 g/mol. The number of rotatable bonds is 7. The quantitative estimate of drug-likeness (QED) is 0.373. The molecule has 4 aromatic rings. The molecule has 9 heteroatoms. The van der Waals surface area contributed by atoms with Crippen LogP contribution >= 0.6 is 0 Å². The van der Waals surface area contributed by atoms with Crippen molar-refractivity contribution < 1.29 is 27.8 Å². The highest BCUT2D eigenvalue weighted by atomic mass is 19.2. The number of ether oxygens (including phenoxy) is 3. The molecule has 0 aliphatic rings. The number of methoxy groups -OCH3 is 3. The van der Waals surface area contributed by atoms with Crippen LogP contribution in [0.1, 0.15) is 10.4 Å². The Kier molecular flexibility index (Phi) is 6.44. The smallest absolute Gasteiger partial charge is 0.259 e. The van der Waals surface area contributed by atoms with Gasteiger partial charge in [-0.1, -0.05) is 18.2 Å². The van der Waals surface area contributed by atoms with Crippen molar-refractivity contribution in [3.8, 4) is 17.2 Å². The van der Waals surface area contributed by atoms with Crippen molar-refractivity contribution in [2.45, 2.75) is 0 Å². The van der Waals surface area contributed by atoms with Crippen molar-refractivity contribution >= 4 is 34.0 Å². The van der Waals surface area contributed by atoms with Crippen molar-refractivity contribution in [2.24, 2.45) is 0 Å². The molecule has 1 aromatic heterocycles. The zero-order valence-electron chi connectivity index (χ0n) is 18.6. The summed E-state index contributed by atoms with van der Waals surface area (Å²) in [4.78, 5) is 17.7. The summed E-state index contributed by atoms with van der Waals surface area (Å²) in [7, 11) is 4.49. The van der Waals surface area contributed by atoms with Crippen LogP contribution in [0.5, 0.6) is 17.2 Å². The Bertz CT molecular complexity index is 1350. The Balaban J connectivity index is 1.77. The van der Waals surface area contributed by atoms with E-state index in [4.69, 9.17) is 14.2 Å². The maximum Gasteiger partial charge on any atom is 0.259 e. The molecule has 7 nitrogen and oxygen atoms in total. The third-order valence-electron chi connectivity index (χ3n) is 5.07. The average molecular weight is 465 g/mol. The molecule has 1 amide bonds. The van der Waals surface area contributed by atoms with E-state index in [2.05, 4.69) is 15.6 Å². The Morgan fingerprint density at radius 1 is 0.824 bits per heavy atom. The number of fused-ring (bicyclic) bond motifs is 1. The highest BCUT2D eigenvalue weighted by Gasteiger charge is 2.18. The summed E-state index contributed by atoms with van der Waals surface area (Å²) in [5.41, 5.74) is 1.48. The van der Waals surface area contributed by atoms with E-state index in [1.165, 1.54) is 27.4 Å². The van der Waals surface area contributed by atoms with Crippen LogP contribution in [0.25, 0.3) is 10.9 Å². The second-order valence-electron chi connectivity index (χ2n) is 7.20. The number of halogens is 2. The molecule has 3 aromatic carbocycles. The zero-order chi connectivity index (χ0) is 24.2. The standard InChI is InChI=1S/C25H21F2N3O4/c1-32-21-12-16(13-22(33-2)23(21)34-3)28-24-17(10-14-6-4-5-7-20(14)30-24)25(31)29-15-8-9-18(26)19(27)11-15/h4-13H,1-3H3,(H,28,30)(H,29,31). The van der Waals surface area contributed by atoms with Crippen molar-refractivity contribution in [1.82, 2.24) is 4.98 Å². The fourth-order valence-electron chi connectivity index (χ4n) is 3.45. The molecule has 2 N–H and O–H groups in total. The van der Waals surface area contributed by atoms with Gasteiger partial charge in [0.15, 0.2) is 23.1 Å². The molecule has 0 aliphatic heterocycles. The van der Waals surface area contributed by atoms with Gasteiger partial charge in [0.2, 0.25) is 5.75 Å². The second-order valence-corrected chi connectivity index (χ2v) is 7.20. The van der Waals surface area contributed by atoms with E-state index in [1.807, 2.05) is 24.3 Å². The number of nitrogens with one attached hydrogen (secondary N) is 2. The number of anilines is 3. The summed E-state index contributed by atoms with van der Waals surface area (Å²) < 4.78 is 43.0. The SMILES string of the molecule is COc1cc(Nc2nc3ccccc3cc2C(=O)Nc2ccc(F)c(F)c2)cc(OC)c1OC. The maximum absolute atomic E-state index is 13.6. The zero-order valence-corrected chi connectivity index (χ0v) is 18.6. The Hall–Kier alpha value is -4.40. The van der Waals surface area contributed by atoms with Crippen LogP contribution < -0.4 is 24.8 Å². The van der Waals surface area contributed by atoms with Crippen LogP contribution in [0, 0.1) is 11.6 Å². The highest BCUT2D eigenvalue weighted by molar-refractivity contribution is 6.09. The lowest BCUT2D eigenvalue weighted by Gasteiger charge is -2.17. The van der Waals surface area contributed by atoms with Gasteiger partial charge in [0.05, 0.1) is 32.4 Å². The van der Waals surface area contributed by atoms with Crippen LogP contribution in [0.15, 0.2) is 60.7 Å². The third kappa shape index (κ3) is 4.54. The van der Waals surface area contributed by atoms with Gasteiger partial charge >= 0.3 is 0 Å². The molecule has 0 bridgehead atoms. The lowest BCUT2D eigenvalue weighted by Crippen LogP contribution is -2.15. The number of aromatic nitrogens is 1. The number of hydrogen-bond donors (Lipinski definition) is 2. The maximum atomic E-state index is 13.6. The summed E-state index contributed by atoms with van der Waals surface area (Å²) >= 11 is 0. The first-order chi connectivity index (χ1) is 16.4. The topological polar surface area (TPSA) is 81.7 Å². The molecule has 174 valence electrons. The van der Waals surface area contributed by atoms with Gasteiger partial charge in [-0.2, -0.15) is 0 Å². The lowest BCUT2D eigenvalue weighted by molar-refractivity contribution is 0.102. The number of amides is 1. The molecule has 0 unspecified atom stereocenters. The first-order valence-corrected chi connectivity index (χ1v) is 10.2. The fourth-order valence-corrected chi connectivity index (χ4v) is 3.45. The van der Waals surface area contributed by atoms with E-state index < -0.39 is 17.5 Å². The molecule has 0 radical (unpaired) electrons. The van der Waals surface area contributed by atoms with Crippen molar-refractivity contribution in [1.29, 1.82) is 0 Å². The van der Waals surface area contributed by atoms with Crippen molar-refractivity contribution in [2.75, 3.05) is 32.0 Å². The van der Waals surface area contributed by atoms with Gasteiger partial charge in [-0.3, -0.25) is 4.79 Å². The van der Waals surface area contributed by atoms with Crippen LogP contribution in [0.4, 0.5) is 26.0 Å². The first-order valence-electron chi connectivity index (χ1n) is 10.2. The molecule has 0 saturated heterocycles. The van der Waals surface area contributed by atoms with Gasteiger partial charge in [0.1, 0.15) is 5.82 Å². The summed E-state index contributed by atoms with van der Waals surface area (Å²) in [6, 6.07) is 15.4. The largest absolute Gasteiger partial charge is 0.493 e. The minimum atomic E-state index is -1.06. The molecule has 1 heterocycles. The number of carbonyl (C=O) groups excluding carboxylic acids is 1. The van der Waals surface area contributed by atoms with Crippen molar-refractivity contribution in [3.05, 3.63) is 77.9 Å². The van der Waals surface area contributed by atoms with Crippen LogP contribution in [-0.4, -0.2) is 32.2 Å². The third-order valence-corrected chi connectivity index (χ3v) is 5.07. The monoisotopic (exact) mass is 465 g/mol. The minimum absolute atomic E-state index is 0.107. The normalized spacial score (nSPS) is 10.6. The van der Waals surface area contributed by atoms with E-state index in [0.717, 1.165) is 17.5 Å². The summed E-state index contributed by atoms with van der Waals surface area (Å²) in [5, 5.41) is 6.45. The average Bonchev–Trinajstić information content (AvgIpc) is 2.85. The predicted octanol–water partition coefficient (Wildman–Crippen LogP) is 5.53. The molecule has 34 heavy (non-hydrogen) atoms. The molecule has 0 saturated carbocycles. The van der Waals surface area contributed by atoms with Gasteiger partial charge in [-0.25, -0.2) is 13.8 Å². The van der Waals surface area contributed by atoms with Gasteiger partial charge in [-0.05, 0) is 24.3 Å². The molecule has 0 atom stereocenters. The van der Waals surface area contributed by atoms with E-state index in [0.29, 0.717) is 28.5 Å². The molecule has 0 spiro atoms. The number of hydrogen-bond acceptors (Lipinski definition) is 6. The highest BCUT2D eigenvalue weighted by Crippen LogP contribution is 2.41. The first kappa shape index (κ1) is 22.8. The van der Waals surface area contributed by atoms with Crippen LogP contribution in [-0.2, 0) is 0 Å². The summed E-state index contributed by atoms with van der Waals surface area (Å²) in [6.07, 6.45) is 0. The Labute approximate surface area is 194 Å². The van der Waals surface area contributed by atoms with E-state index in [-0.39, 0.29) is 17.1 Å². The van der Waals surface area contributed by atoms with Gasteiger partial charge < -0.3 is 24.8 Å². The van der Waals surface area contributed by atoms with E-state index >= 15 is 0 Å². The Morgan fingerprint density at radius 2 is 1.53 bits per heavy atom. The molecule has 0 aliphatic carbocycles. The predicted molar refractivity (Wildman–Crippen MR) is 125 cm³/mol. The fraction of sp³-hybridized carbons (Fsp3) is 0.120. The lowest BCUT2D eigenvalue weighted by atomic mass is 10.1. The minimum Gasteiger partial charge on any atom is -0.493 e.